The lowest BCUT2D eigenvalue weighted by molar-refractivity contribution is 0.0982. The summed E-state index contributed by atoms with van der Waals surface area (Å²) in [6, 6.07) is 11.6. The monoisotopic (exact) mass is 435 g/mol. The number of nitrogens with zero attached hydrogens (tertiary/aromatic N) is 3. The topological polar surface area (TPSA) is 47.8 Å². The van der Waals surface area contributed by atoms with Crippen LogP contribution < -0.4 is 0 Å². The van der Waals surface area contributed by atoms with E-state index in [1.54, 1.807) is 23.1 Å². The van der Waals surface area contributed by atoms with Gasteiger partial charge in [0, 0.05) is 28.8 Å². The summed E-state index contributed by atoms with van der Waals surface area (Å²) >= 11 is 6.72. The van der Waals surface area contributed by atoms with Gasteiger partial charge in [0.2, 0.25) is 0 Å². The number of rotatable bonds is 8. The lowest BCUT2D eigenvalue weighted by Crippen LogP contribution is -2.01. The van der Waals surface area contributed by atoms with Gasteiger partial charge in [-0.05, 0) is 36.9 Å². The predicted octanol–water partition coefficient (Wildman–Crippen LogP) is 5.54. The molecule has 0 bridgehead atoms. The molecule has 2 aromatic heterocycles. The summed E-state index contributed by atoms with van der Waals surface area (Å²) in [7, 11) is 0. The highest BCUT2D eigenvalue weighted by Crippen LogP contribution is 2.27. The molecular weight excluding hydrogens is 418 g/mol. The second-order valence-electron chi connectivity index (χ2n) is 5.41. The fraction of sp³-hybridized carbons (Fsp3) is 0.278. The second-order valence-corrected chi connectivity index (χ2v) is 8.34. The highest BCUT2D eigenvalue weighted by Gasteiger charge is 2.14. The number of hydrogen-bond donors (Lipinski definition) is 0. The third kappa shape index (κ3) is 4.59. The Labute approximate surface area is 163 Å². The summed E-state index contributed by atoms with van der Waals surface area (Å²) in [6.07, 6.45) is 1.37. The molecule has 0 unspecified atom stereocenters. The third-order valence-corrected chi connectivity index (χ3v) is 6.17. The summed E-state index contributed by atoms with van der Waals surface area (Å²) in [5.41, 5.74) is 0.768. The van der Waals surface area contributed by atoms with Crippen LogP contribution in [0.15, 0.2) is 51.4 Å². The van der Waals surface area contributed by atoms with Crippen molar-refractivity contribution in [2.45, 2.75) is 31.5 Å². The molecule has 0 spiro atoms. The zero-order valence-corrected chi connectivity index (χ0v) is 17.0. The maximum atomic E-state index is 12.2. The predicted molar refractivity (Wildman–Crippen MR) is 107 cm³/mol. The number of thiophene rings is 1. The largest absolute Gasteiger partial charge is 0.302 e. The fourth-order valence-electron chi connectivity index (χ4n) is 2.44. The molecule has 25 heavy (non-hydrogen) atoms. The van der Waals surface area contributed by atoms with E-state index in [0.29, 0.717) is 6.42 Å². The summed E-state index contributed by atoms with van der Waals surface area (Å²) in [5.74, 6) is 1.96. The number of Topliss-reactive ketones (excluding diaryl/α,β-unsaturated/α-hetero) is 1. The van der Waals surface area contributed by atoms with E-state index in [2.05, 4.69) is 43.7 Å². The molecule has 2 heterocycles. The molecule has 130 valence electrons. The Kier molecular flexibility index (Phi) is 6.45. The van der Waals surface area contributed by atoms with E-state index in [0.717, 1.165) is 44.6 Å². The summed E-state index contributed by atoms with van der Waals surface area (Å²) < 4.78 is 3.12. The molecule has 0 saturated heterocycles. The number of halogens is 1. The van der Waals surface area contributed by atoms with E-state index in [1.165, 1.54) is 0 Å². The number of hydrogen-bond acceptors (Lipinski definition) is 5. The SMILES string of the molecule is CCn1c(SCCCC(=O)c2ccc(Br)cc2)nnc1-c1cccs1. The zero-order valence-electron chi connectivity index (χ0n) is 13.8. The maximum Gasteiger partial charge on any atom is 0.191 e. The molecule has 0 amide bonds. The lowest BCUT2D eigenvalue weighted by atomic mass is 10.1. The molecule has 4 nitrogen and oxygen atoms in total. The van der Waals surface area contributed by atoms with Gasteiger partial charge in [-0.2, -0.15) is 0 Å². The normalized spacial score (nSPS) is 11.0. The Bertz CT molecular complexity index is 829. The average molecular weight is 436 g/mol. The third-order valence-electron chi connectivity index (χ3n) is 3.72. The smallest absolute Gasteiger partial charge is 0.191 e. The van der Waals surface area contributed by atoms with E-state index in [1.807, 2.05) is 35.7 Å². The minimum absolute atomic E-state index is 0.185. The fourth-order valence-corrected chi connectivity index (χ4v) is 4.37. The summed E-state index contributed by atoms with van der Waals surface area (Å²) in [5, 5.41) is 11.6. The molecule has 1 aromatic carbocycles. The van der Waals surface area contributed by atoms with Gasteiger partial charge in [-0.3, -0.25) is 4.79 Å². The van der Waals surface area contributed by atoms with Crippen molar-refractivity contribution in [3.63, 3.8) is 0 Å². The van der Waals surface area contributed by atoms with Gasteiger partial charge < -0.3 is 4.57 Å². The van der Waals surface area contributed by atoms with Crippen molar-refractivity contribution in [1.29, 1.82) is 0 Å². The molecule has 7 heteroatoms. The van der Waals surface area contributed by atoms with Gasteiger partial charge in [0.1, 0.15) is 0 Å². The van der Waals surface area contributed by atoms with Crippen molar-refractivity contribution in [3.05, 3.63) is 51.8 Å². The number of thioether (sulfide) groups is 1. The van der Waals surface area contributed by atoms with Crippen molar-refractivity contribution >= 4 is 44.8 Å². The van der Waals surface area contributed by atoms with Gasteiger partial charge in [0.25, 0.3) is 0 Å². The van der Waals surface area contributed by atoms with E-state index >= 15 is 0 Å². The Morgan fingerprint density at radius 2 is 2.04 bits per heavy atom. The van der Waals surface area contributed by atoms with Crippen LogP contribution in [0.1, 0.15) is 30.1 Å². The van der Waals surface area contributed by atoms with E-state index in [-0.39, 0.29) is 5.78 Å². The lowest BCUT2D eigenvalue weighted by Gasteiger charge is -2.06. The van der Waals surface area contributed by atoms with Gasteiger partial charge in [0.15, 0.2) is 16.8 Å². The average Bonchev–Trinajstić information content (AvgIpc) is 3.28. The molecule has 0 N–H and O–H groups in total. The Morgan fingerprint density at radius 1 is 1.24 bits per heavy atom. The van der Waals surface area contributed by atoms with Gasteiger partial charge in [-0.25, -0.2) is 0 Å². The molecular formula is C18H18BrN3OS2. The van der Waals surface area contributed by atoms with Gasteiger partial charge in [-0.1, -0.05) is 45.9 Å². The van der Waals surface area contributed by atoms with Crippen molar-refractivity contribution in [3.8, 4) is 10.7 Å². The van der Waals surface area contributed by atoms with Crippen LogP contribution in [-0.2, 0) is 6.54 Å². The quantitative estimate of drug-likeness (QED) is 0.264. The van der Waals surface area contributed by atoms with Crippen LogP contribution in [0, 0.1) is 0 Å². The van der Waals surface area contributed by atoms with Crippen LogP contribution in [0.4, 0.5) is 0 Å². The molecule has 0 aliphatic carbocycles. The molecule has 3 aromatic rings. The van der Waals surface area contributed by atoms with Gasteiger partial charge >= 0.3 is 0 Å². The molecule has 0 atom stereocenters. The molecule has 0 radical (unpaired) electrons. The second kappa shape index (κ2) is 8.78. The standard InChI is InChI=1S/C18H18BrN3OS2/c1-2-22-17(16-6-4-11-24-16)20-21-18(22)25-12-3-5-15(23)13-7-9-14(19)10-8-13/h4,6-11H,2-3,5,12H2,1H3. The number of carbonyl (C=O) groups is 1. The van der Waals surface area contributed by atoms with Crippen molar-refractivity contribution < 1.29 is 4.79 Å². The van der Waals surface area contributed by atoms with Crippen molar-refractivity contribution in [2.75, 3.05) is 5.75 Å². The van der Waals surface area contributed by atoms with Crippen molar-refractivity contribution in [1.82, 2.24) is 14.8 Å². The number of carbonyl (C=O) groups excluding carboxylic acids is 1. The first-order chi connectivity index (χ1) is 12.2. The van der Waals surface area contributed by atoms with Crippen LogP contribution in [-0.4, -0.2) is 26.3 Å². The minimum Gasteiger partial charge on any atom is -0.302 e. The first-order valence-corrected chi connectivity index (χ1v) is 10.7. The highest BCUT2D eigenvalue weighted by molar-refractivity contribution is 9.10. The highest BCUT2D eigenvalue weighted by atomic mass is 79.9. The first kappa shape index (κ1) is 18.4. The Hall–Kier alpha value is -1.44. The van der Waals surface area contributed by atoms with E-state index in [4.69, 9.17) is 0 Å². The van der Waals surface area contributed by atoms with E-state index in [9.17, 15) is 4.79 Å². The number of benzene rings is 1. The van der Waals surface area contributed by atoms with Crippen LogP contribution in [0.25, 0.3) is 10.7 Å². The molecule has 0 aliphatic rings. The molecule has 0 aliphatic heterocycles. The summed E-state index contributed by atoms with van der Waals surface area (Å²) in [6.45, 7) is 2.93. The maximum absolute atomic E-state index is 12.2. The van der Waals surface area contributed by atoms with Gasteiger partial charge in [0.05, 0.1) is 4.88 Å². The Balaban J connectivity index is 1.54. The van der Waals surface area contributed by atoms with Crippen LogP contribution in [0.3, 0.4) is 0 Å². The summed E-state index contributed by atoms with van der Waals surface area (Å²) in [4.78, 5) is 13.3. The van der Waals surface area contributed by atoms with Crippen LogP contribution >= 0.6 is 39.0 Å². The molecule has 0 fully saturated rings. The van der Waals surface area contributed by atoms with Gasteiger partial charge in [-0.15, -0.1) is 21.5 Å². The van der Waals surface area contributed by atoms with Crippen molar-refractivity contribution in [2.24, 2.45) is 0 Å². The number of aromatic nitrogens is 3. The molecule has 0 saturated carbocycles. The number of ketones is 1. The zero-order chi connectivity index (χ0) is 17.6. The van der Waals surface area contributed by atoms with Crippen LogP contribution in [0.2, 0.25) is 0 Å². The van der Waals surface area contributed by atoms with E-state index < -0.39 is 0 Å². The first-order valence-electron chi connectivity index (χ1n) is 8.07. The minimum atomic E-state index is 0.185. The Morgan fingerprint density at radius 3 is 2.72 bits per heavy atom. The molecule has 3 rings (SSSR count). The van der Waals surface area contributed by atoms with Crippen LogP contribution in [0.5, 0.6) is 0 Å².